The molecule has 0 unspecified atom stereocenters. The summed E-state index contributed by atoms with van der Waals surface area (Å²) < 4.78 is 82.6. The van der Waals surface area contributed by atoms with Gasteiger partial charge >= 0.3 is 0 Å². The van der Waals surface area contributed by atoms with Gasteiger partial charge in [-0.25, -0.2) is 25.3 Å². The number of methoxy groups -OCH3 is 1. The first-order valence-electron chi connectivity index (χ1n) is 8.79. The van der Waals surface area contributed by atoms with E-state index >= 15 is 0 Å². The molecule has 1 N–H and O–H groups in total. The van der Waals surface area contributed by atoms with Gasteiger partial charge in [0.2, 0.25) is 10.0 Å². The molecule has 4 atom stereocenters. The van der Waals surface area contributed by atoms with Crippen LogP contribution in [0.5, 0.6) is 5.75 Å². The Kier molecular flexibility index (Phi) is 4.58. The van der Waals surface area contributed by atoms with Crippen molar-refractivity contribution in [2.75, 3.05) is 30.1 Å². The van der Waals surface area contributed by atoms with Gasteiger partial charge in [-0.1, -0.05) is 6.07 Å². The molecule has 1 aromatic rings. The first-order chi connectivity index (χ1) is 12.9. The molecule has 1 aromatic carbocycles. The molecule has 28 heavy (non-hydrogen) atoms. The lowest BCUT2D eigenvalue weighted by atomic mass is 10.0. The number of ether oxygens (including phenoxy) is 1. The predicted octanol–water partition coefficient (Wildman–Crippen LogP) is -1.07. The van der Waals surface area contributed by atoms with Gasteiger partial charge in [0.25, 0.3) is 0 Å². The summed E-state index contributed by atoms with van der Waals surface area (Å²) in [6.07, 6.45) is 0. The van der Waals surface area contributed by atoms with Gasteiger partial charge in [-0.3, -0.25) is 0 Å². The summed E-state index contributed by atoms with van der Waals surface area (Å²) in [6, 6.07) is 1.74. The van der Waals surface area contributed by atoms with Crippen LogP contribution in [0.4, 0.5) is 0 Å². The molecule has 12 heteroatoms. The smallest absolute Gasteiger partial charge is 0.247 e. The van der Waals surface area contributed by atoms with Crippen molar-refractivity contribution in [3.63, 3.8) is 0 Å². The van der Waals surface area contributed by atoms with Gasteiger partial charge in [0.05, 0.1) is 42.2 Å². The van der Waals surface area contributed by atoms with Gasteiger partial charge in [-0.2, -0.15) is 4.31 Å². The molecule has 3 heterocycles. The number of piperazine rings is 1. The van der Waals surface area contributed by atoms with Crippen LogP contribution < -0.4 is 10.1 Å². The first-order valence-corrected chi connectivity index (χ1v) is 13.9. The van der Waals surface area contributed by atoms with E-state index in [9.17, 15) is 25.3 Å². The van der Waals surface area contributed by atoms with Gasteiger partial charge < -0.3 is 10.1 Å². The molecule has 156 valence electrons. The van der Waals surface area contributed by atoms with Crippen molar-refractivity contribution in [2.24, 2.45) is 0 Å². The number of sulfone groups is 2. The Morgan fingerprint density at radius 2 is 1.54 bits per heavy atom. The second-order valence-corrected chi connectivity index (χ2v) is 13.8. The lowest BCUT2D eigenvalue weighted by Crippen LogP contribution is -2.67. The lowest BCUT2D eigenvalue weighted by Gasteiger charge is -2.43. The van der Waals surface area contributed by atoms with E-state index in [0.29, 0.717) is 5.56 Å². The average molecular weight is 451 g/mol. The summed E-state index contributed by atoms with van der Waals surface area (Å²) >= 11 is 0. The number of rotatable bonds is 3. The third-order valence-corrected chi connectivity index (χ3v) is 11.0. The minimum Gasteiger partial charge on any atom is -0.495 e. The largest absolute Gasteiger partial charge is 0.495 e. The van der Waals surface area contributed by atoms with E-state index < -0.39 is 53.9 Å². The Hall–Kier alpha value is -1.21. The fourth-order valence-electron chi connectivity index (χ4n) is 4.45. The van der Waals surface area contributed by atoms with E-state index in [1.54, 1.807) is 13.0 Å². The molecule has 3 aliphatic rings. The fourth-order valence-corrected chi connectivity index (χ4v) is 10.6. The van der Waals surface area contributed by atoms with Gasteiger partial charge in [-0.05, 0) is 24.6 Å². The Labute approximate surface area is 164 Å². The molecule has 0 aliphatic carbocycles. The molecule has 9 nitrogen and oxygen atoms in total. The van der Waals surface area contributed by atoms with Crippen LogP contribution in [0.2, 0.25) is 0 Å². The molecule has 0 bridgehead atoms. The Morgan fingerprint density at radius 3 is 2.04 bits per heavy atom. The molecule has 3 fully saturated rings. The number of hydrogen-bond donors (Lipinski definition) is 1. The van der Waals surface area contributed by atoms with E-state index in [0.717, 1.165) is 4.31 Å². The zero-order valence-corrected chi connectivity index (χ0v) is 17.8. The number of nitrogens with one attached hydrogen (secondary N) is 1. The molecular formula is C16H22N2O7S3. The minimum absolute atomic E-state index is 0.0806. The van der Waals surface area contributed by atoms with E-state index in [4.69, 9.17) is 4.74 Å². The third-order valence-electron chi connectivity index (χ3n) is 5.60. The van der Waals surface area contributed by atoms with Crippen LogP contribution in [0, 0.1) is 6.92 Å². The Balaban J connectivity index is 1.88. The van der Waals surface area contributed by atoms with E-state index in [2.05, 4.69) is 5.32 Å². The SMILES string of the molecule is COc1ccc(C)cc1S(=O)(=O)N1[C@@H]2CS(=O)(=O)C[C@@H]2N[C@@H]2CS(=O)(=O)C[C@@H]21. The molecule has 3 saturated heterocycles. The summed E-state index contributed by atoms with van der Waals surface area (Å²) in [5, 5.41) is 3.09. The number of hydrogen-bond acceptors (Lipinski definition) is 8. The minimum atomic E-state index is -4.20. The zero-order chi connectivity index (χ0) is 20.5. The molecule has 0 spiro atoms. The topological polar surface area (TPSA) is 127 Å². The Bertz CT molecular complexity index is 1080. The quantitative estimate of drug-likeness (QED) is 0.617. The monoisotopic (exact) mass is 450 g/mol. The summed E-state index contributed by atoms with van der Waals surface area (Å²) in [5.41, 5.74) is 0.695. The number of nitrogens with zero attached hydrogens (tertiary/aromatic N) is 1. The Morgan fingerprint density at radius 1 is 1.00 bits per heavy atom. The zero-order valence-electron chi connectivity index (χ0n) is 15.4. The van der Waals surface area contributed by atoms with Crippen LogP contribution in [0.3, 0.4) is 0 Å². The van der Waals surface area contributed by atoms with Crippen molar-refractivity contribution in [1.29, 1.82) is 0 Å². The summed E-state index contributed by atoms with van der Waals surface area (Å²) in [5.74, 6) is -0.947. The van der Waals surface area contributed by atoms with Crippen LogP contribution in [0.1, 0.15) is 5.56 Å². The van der Waals surface area contributed by atoms with Crippen molar-refractivity contribution < 1.29 is 30.0 Å². The van der Waals surface area contributed by atoms with Gasteiger partial charge in [0.15, 0.2) is 19.7 Å². The highest BCUT2D eigenvalue weighted by Gasteiger charge is 2.57. The maximum Gasteiger partial charge on any atom is 0.247 e. The van der Waals surface area contributed by atoms with E-state index in [1.165, 1.54) is 19.2 Å². The molecule has 0 amide bonds. The first kappa shape index (κ1) is 20.1. The molecule has 0 radical (unpaired) electrons. The molecule has 0 aromatic heterocycles. The summed E-state index contributed by atoms with van der Waals surface area (Å²) in [6.45, 7) is 1.74. The van der Waals surface area contributed by atoms with Crippen molar-refractivity contribution in [3.8, 4) is 5.75 Å². The lowest BCUT2D eigenvalue weighted by molar-refractivity contribution is 0.160. The van der Waals surface area contributed by atoms with Crippen molar-refractivity contribution in [2.45, 2.75) is 36.0 Å². The second-order valence-electron chi connectivity index (χ2n) is 7.66. The molecular weight excluding hydrogens is 428 g/mol. The average Bonchev–Trinajstić information content (AvgIpc) is 3.03. The van der Waals surface area contributed by atoms with Crippen LogP contribution in [0.25, 0.3) is 0 Å². The standard InChI is InChI=1S/C16H22N2O7S3/c1-10-3-4-15(25-2)16(5-10)28(23,24)18-13-8-26(19,20)6-11(13)17-12-7-27(21,22)9-14(12)18/h3-5,11-14,17H,6-9H2,1-2H3/t11-,12+,13+,14-. The van der Waals surface area contributed by atoms with Crippen LogP contribution >= 0.6 is 0 Å². The highest BCUT2D eigenvalue weighted by atomic mass is 32.2. The number of fused-ring (bicyclic) bond motifs is 2. The molecule has 4 rings (SSSR count). The number of benzene rings is 1. The van der Waals surface area contributed by atoms with Crippen LogP contribution in [0.15, 0.2) is 23.1 Å². The fraction of sp³-hybridized carbons (Fsp3) is 0.625. The second kappa shape index (κ2) is 6.39. The maximum absolute atomic E-state index is 13.7. The van der Waals surface area contributed by atoms with E-state index in [1.807, 2.05) is 0 Å². The maximum atomic E-state index is 13.7. The highest BCUT2D eigenvalue weighted by Crippen LogP contribution is 2.38. The highest BCUT2D eigenvalue weighted by molar-refractivity contribution is 7.92. The van der Waals surface area contributed by atoms with E-state index in [-0.39, 0.29) is 33.7 Å². The van der Waals surface area contributed by atoms with Gasteiger partial charge in [-0.15, -0.1) is 0 Å². The van der Waals surface area contributed by atoms with Crippen LogP contribution in [-0.2, 0) is 29.7 Å². The van der Waals surface area contributed by atoms with Crippen molar-refractivity contribution >= 4 is 29.7 Å². The van der Waals surface area contributed by atoms with Crippen LogP contribution in [-0.4, -0.2) is 83.8 Å². The molecule has 3 aliphatic heterocycles. The summed E-state index contributed by atoms with van der Waals surface area (Å²) in [7, 11) is -9.72. The van der Waals surface area contributed by atoms with Gasteiger partial charge in [0, 0.05) is 12.1 Å². The normalized spacial score (nSPS) is 33.9. The third kappa shape index (κ3) is 3.24. The predicted molar refractivity (Wildman–Crippen MR) is 102 cm³/mol. The number of aryl methyl sites for hydroxylation is 1. The van der Waals surface area contributed by atoms with Crippen molar-refractivity contribution in [1.82, 2.24) is 9.62 Å². The van der Waals surface area contributed by atoms with Gasteiger partial charge in [0.1, 0.15) is 10.6 Å². The van der Waals surface area contributed by atoms with Crippen molar-refractivity contribution in [3.05, 3.63) is 23.8 Å². The molecule has 0 saturated carbocycles. The number of sulfonamides is 1. The summed E-state index contributed by atoms with van der Waals surface area (Å²) in [4.78, 5) is -0.0806.